The van der Waals surface area contributed by atoms with E-state index in [0.717, 1.165) is 17.4 Å². The van der Waals surface area contributed by atoms with Crippen molar-refractivity contribution in [3.63, 3.8) is 0 Å². The van der Waals surface area contributed by atoms with Crippen molar-refractivity contribution in [1.29, 1.82) is 0 Å². The maximum Gasteiger partial charge on any atom is 0.139 e. The number of hydrogen-bond donors (Lipinski definition) is 1. The lowest BCUT2D eigenvalue weighted by molar-refractivity contribution is 0.337. The second-order valence-corrected chi connectivity index (χ2v) is 5.18. The highest BCUT2D eigenvalue weighted by atomic mass is 32.2. The number of hydrogen-bond acceptors (Lipinski definition) is 3. The minimum Gasteiger partial charge on any atom is -0.494 e. The molecule has 0 aliphatic carbocycles. The van der Waals surface area contributed by atoms with Crippen LogP contribution in [0.4, 0.5) is 14.5 Å². The molecule has 2 N–H and O–H groups in total. The van der Waals surface area contributed by atoms with Gasteiger partial charge in [-0.05, 0) is 37.3 Å². The Morgan fingerprint density at radius 2 is 1.95 bits per heavy atom. The second kappa shape index (κ2) is 6.61. The minimum absolute atomic E-state index is 0.399. The van der Waals surface area contributed by atoms with Crippen LogP contribution in [0.2, 0.25) is 0 Å². The SMILES string of the molecule is CCOc1ccc(N)cc1CSc1ccc(F)cc1F. The molecule has 0 radical (unpaired) electrons. The van der Waals surface area contributed by atoms with Crippen LogP contribution in [0.5, 0.6) is 5.75 Å². The molecule has 0 saturated heterocycles. The molecule has 0 aromatic heterocycles. The highest BCUT2D eigenvalue weighted by Gasteiger charge is 2.08. The molecule has 0 aliphatic heterocycles. The molecule has 2 nitrogen and oxygen atoms in total. The van der Waals surface area contributed by atoms with Crippen molar-refractivity contribution in [1.82, 2.24) is 0 Å². The van der Waals surface area contributed by atoms with E-state index in [1.165, 1.54) is 23.9 Å². The molecule has 106 valence electrons. The number of thioether (sulfide) groups is 1. The zero-order valence-corrected chi connectivity index (χ0v) is 11.8. The van der Waals surface area contributed by atoms with Crippen molar-refractivity contribution in [2.24, 2.45) is 0 Å². The Morgan fingerprint density at radius 1 is 1.15 bits per heavy atom. The molecule has 0 bridgehead atoms. The van der Waals surface area contributed by atoms with Crippen LogP contribution in [0, 0.1) is 11.6 Å². The number of nitrogens with two attached hydrogens (primary N) is 1. The third-order valence-corrected chi connectivity index (χ3v) is 3.76. The van der Waals surface area contributed by atoms with Crippen LogP contribution in [0.3, 0.4) is 0 Å². The molecule has 0 heterocycles. The largest absolute Gasteiger partial charge is 0.494 e. The monoisotopic (exact) mass is 295 g/mol. The van der Waals surface area contributed by atoms with E-state index >= 15 is 0 Å². The van der Waals surface area contributed by atoms with Crippen LogP contribution in [-0.4, -0.2) is 6.61 Å². The first-order valence-electron chi connectivity index (χ1n) is 6.19. The van der Waals surface area contributed by atoms with E-state index in [-0.39, 0.29) is 0 Å². The molecule has 0 spiro atoms. The van der Waals surface area contributed by atoms with Gasteiger partial charge in [0.1, 0.15) is 17.4 Å². The zero-order valence-electron chi connectivity index (χ0n) is 11.0. The molecule has 0 fully saturated rings. The van der Waals surface area contributed by atoms with Gasteiger partial charge in [-0.25, -0.2) is 8.78 Å². The summed E-state index contributed by atoms with van der Waals surface area (Å²) in [5.74, 6) is 0.0996. The molecule has 0 unspecified atom stereocenters. The predicted molar refractivity (Wildman–Crippen MR) is 77.9 cm³/mol. The van der Waals surface area contributed by atoms with Gasteiger partial charge >= 0.3 is 0 Å². The molecule has 2 aromatic rings. The van der Waals surface area contributed by atoms with Gasteiger partial charge in [-0.3, -0.25) is 0 Å². The molecule has 0 atom stereocenters. The van der Waals surface area contributed by atoms with E-state index in [1.807, 2.05) is 6.92 Å². The Bertz CT molecular complexity index is 604. The molecule has 0 amide bonds. The predicted octanol–water partition coefficient (Wildman–Crippen LogP) is 4.24. The van der Waals surface area contributed by atoms with E-state index in [9.17, 15) is 8.78 Å². The summed E-state index contributed by atoms with van der Waals surface area (Å²) in [6, 6.07) is 8.92. The highest BCUT2D eigenvalue weighted by molar-refractivity contribution is 7.98. The van der Waals surface area contributed by atoms with Crippen LogP contribution in [0.25, 0.3) is 0 Å². The van der Waals surface area contributed by atoms with Gasteiger partial charge in [0.2, 0.25) is 0 Å². The summed E-state index contributed by atoms with van der Waals surface area (Å²) >= 11 is 1.28. The lowest BCUT2D eigenvalue weighted by Crippen LogP contribution is -1.97. The topological polar surface area (TPSA) is 35.2 Å². The van der Waals surface area contributed by atoms with Crippen LogP contribution in [0.15, 0.2) is 41.3 Å². The summed E-state index contributed by atoms with van der Waals surface area (Å²) < 4.78 is 31.9. The average Bonchev–Trinajstić information content (AvgIpc) is 2.41. The zero-order chi connectivity index (χ0) is 14.5. The first kappa shape index (κ1) is 14.7. The average molecular weight is 295 g/mol. The molecule has 20 heavy (non-hydrogen) atoms. The van der Waals surface area contributed by atoms with E-state index in [2.05, 4.69) is 0 Å². The van der Waals surface area contributed by atoms with Gasteiger partial charge in [0.25, 0.3) is 0 Å². The van der Waals surface area contributed by atoms with Crippen LogP contribution >= 0.6 is 11.8 Å². The summed E-state index contributed by atoms with van der Waals surface area (Å²) in [6.45, 7) is 2.44. The minimum atomic E-state index is -0.578. The van der Waals surface area contributed by atoms with E-state index in [1.54, 1.807) is 18.2 Å². The first-order valence-corrected chi connectivity index (χ1v) is 7.17. The molecule has 2 rings (SSSR count). The molecular formula is C15H15F2NOS. The molecule has 0 saturated carbocycles. The number of halogens is 2. The number of anilines is 1. The van der Waals surface area contributed by atoms with Gasteiger partial charge in [-0.15, -0.1) is 11.8 Å². The van der Waals surface area contributed by atoms with Crippen molar-refractivity contribution < 1.29 is 13.5 Å². The fourth-order valence-electron chi connectivity index (χ4n) is 1.76. The van der Waals surface area contributed by atoms with Crippen molar-refractivity contribution in [3.05, 3.63) is 53.6 Å². The maximum absolute atomic E-state index is 13.6. The van der Waals surface area contributed by atoms with Gasteiger partial charge in [0.15, 0.2) is 0 Å². The Labute approximate surface area is 120 Å². The van der Waals surface area contributed by atoms with Crippen LogP contribution in [-0.2, 0) is 5.75 Å². The van der Waals surface area contributed by atoms with Gasteiger partial charge in [-0.2, -0.15) is 0 Å². The van der Waals surface area contributed by atoms with Crippen molar-refractivity contribution in [3.8, 4) is 5.75 Å². The van der Waals surface area contributed by atoms with Crippen molar-refractivity contribution in [2.75, 3.05) is 12.3 Å². The standard InChI is InChI=1S/C15H15F2NOS/c1-2-19-14-5-4-12(18)7-10(14)9-20-15-6-3-11(16)8-13(15)17/h3-8H,2,9,18H2,1H3. The lowest BCUT2D eigenvalue weighted by atomic mass is 10.2. The molecule has 0 aliphatic rings. The number of rotatable bonds is 5. The smallest absolute Gasteiger partial charge is 0.139 e. The fraction of sp³-hybridized carbons (Fsp3) is 0.200. The molecule has 5 heteroatoms. The normalized spacial score (nSPS) is 10.6. The van der Waals surface area contributed by atoms with E-state index in [0.29, 0.717) is 22.9 Å². The first-order chi connectivity index (χ1) is 9.60. The molecular weight excluding hydrogens is 280 g/mol. The Hall–Kier alpha value is -1.75. The molecule has 2 aromatic carbocycles. The van der Waals surface area contributed by atoms with Gasteiger partial charge < -0.3 is 10.5 Å². The van der Waals surface area contributed by atoms with Crippen molar-refractivity contribution in [2.45, 2.75) is 17.6 Å². The third kappa shape index (κ3) is 3.63. The summed E-state index contributed by atoms with van der Waals surface area (Å²) in [4.78, 5) is 0.399. The van der Waals surface area contributed by atoms with E-state index < -0.39 is 11.6 Å². The lowest BCUT2D eigenvalue weighted by Gasteiger charge is -2.11. The Balaban J connectivity index is 2.15. The van der Waals surface area contributed by atoms with E-state index in [4.69, 9.17) is 10.5 Å². The van der Waals surface area contributed by atoms with Crippen LogP contribution < -0.4 is 10.5 Å². The summed E-state index contributed by atoms with van der Waals surface area (Å²) in [7, 11) is 0. The third-order valence-electron chi connectivity index (χ3n) is 2.66. The van der Waals surface area contributed by atoms with Crippen molar-refractivity contribution >= 4 is 17.4 Å². The van der Waals surface area contributed by atoms with Gasteiger partial charge in [0.05, 0.1) is 6.61 Å². The number of ether oxygens (including phenoxy) is 1. The second-order valence-electron chi connectivity index (χ2n) is 4.16. The summed E-state index contributed by atoms with van der Waals surface area (Å²) in [6.07, 6.45) is 0. The van der Waals surface area contributed by atoms with Gasteiger partial charge in [-0.1, -0.05) is 0 Å². The Morgan fingerprint density at radius 3 is 2.65 bits per heavy atom. The fourth-order valence-corrected chi connectivity index (χ4v) is 2.65. The van der Waals surface area contributed by atoms with Crippen LogP contribution in [0.1, 0.15) is 12.5 Å². The summed E-state index contributed by atoms with van der Waals surface area (Å²) in [5.41, 5.74) is 7.27. The maximum atomic E-state index is 13.6. The summed E-state index contributed by atoms with van der Waals surface area (Å²) in [5, 5.41) is 0. The number of benzene rings is 2. The quantitative estimate of drug-likeness (QED) is 0.662. The Kier molecular flexibility index (Phi) is 4.84. The van der Waals surface area contributed by atoms with Gasteiger partial charge in [0, 0.05) is 28.0 Å². The highest BCUT2D eigenvalue weighted by Crippen LogP contribution is 2.31. The number of nitrogen functional groups attached to an aromatic ring is 1.